The van der Waals surface area contributed by atoms with Crippen LogP contribution in [0.5, 0.6) is 5.75 Å². The number of benzene rings is 1. The maximum atomic E-state index is 9.26. The molecule has 0 radical (unpaired) electrons. The van der Waals surface area contributed by atoms with Crippen molar-refractivity contribution in [2.75, 3.05) is 5.32 Å². The molecular formula is C14H19N3O. The van der Waals surface area contributed by atoms with Crippen LogP contribution >= 0.6 is 0 Å². The quantitative estimate of drug-likeness (QED) is 0.868. The molecule has 1 aromatic heterocycles. The minimum atomic E-state index is 0.176. The number of hydrogen-bond acceptors (Lipinski definition) is 3. The number of aromatic nitrogens is 2. The van der Waals surface area contributed by atoms with Crippen molar-refractivity contribution < 1.29 is 5.11 Å². The molecule has 0 fully saturated rings. The van der Waals surface area contributed by atoms with E-state index in [0.29, 0.717) is 11.8 Å². The van der Waals surface area contributed by atoms with Crippen molar-refractivity contribution in [3.63, 3.8) is 0 Å². The lowest BCUT2D eigenvalue weighted by Crippen LogP contribution is -2.06. The highest BCUT2D eigenvalue weighted by Gasteiger charge is 2.07. The Hall–Kier alpha value is -1.97. The van der Waals surface area contributed by atoms with Crippen LogP contribution in [0.4, 0.5) is 5.69 Å². The summed E-state index contributed by atoms with van der Waals surface area (Å²) in [5.74, 6) is 0.290. The molecule has 0 saturated heterocycles. The van der Waals surface area contributed by atoms with E-state index in [0.717, 1.165) is 11.3 Å². The minimum Gasteiger partial charge on any atom is -0.508 e. The molecule has 0 aliphatic heterocycles. The van der Waals surface area contributed by atoms with Crippen molar-refractivity contribution in [3.05, 3.63) is 42.2 Å². The summed E-state index contributed by atoms with van der Waals surface area (Å²) in [4.78, 5) is 0. The first kappa shape index (κ1) is 12.5. The van der Waals surface area contributed by atoms with Crippen LogP contribution in [0.2, 0.25) is 0 Å². The minimum absolute atomic E-state index is 0.176. The average molecular weight is 245 g/mol. The molecule has 0 saturated carbocycles. The maximum Gasteiger partial charge on any atom is 0.115 e. The van der Waals surface area contributed by atoms with Crippen molar-refractivity contribution in [3.8, 4) is 5.75 Å². The Kier molecular flexibility index (Phi) is 3.55. The van der Waals surface area contributed by atoms with Gasteiger partial charge in [-0.3, -0.25) is 4.68 Å². The van der Waals surface area contributed by atoms with Gasteiger partial charge in [0.2, 0.25) is 0 Å². The van der Waals surface area contributed by atoms with Gasteiger partial charge in [-0.05, 0) is 38.5 Å². The van der Waals surface area contributed by atoms with Crippen LogP contribution in [-0.2, 0) is 0 Å². The SMILES string of the molecule is CC(Nc1cnn(C(C)C)c1)c1ccc(O)cc1. The Morgan fingerprint density at radius 3 is 2.39 bits per heavy atom. The number of hydrogen-bond donors (Lipinski definition) is 2. The first-order valence-electron chi connectivity index (χ1n) is 6.16. The van der Waals surface area contributed by atoms with E-state index < -0.39 is 0 Å². The van der Waals surface area contributed by atoms with Crippen LogP contribution in [-0.4, -0.2) is 14.9 Å². The standard InChI is InChI=1S/C14H19N3O/c1-10(2)17-9-13(8-15-17)16-11(3)12-4-6-14(18)7-5-12/h4-11,16,18H,1-3H3. The summed E-state index contributed by atoms with van der Waals surface area (Å²) in [5, 5.41) is 16.9. The van der Waals surface area contributed by atoms with E-state index in [2.05, 4.69) is 31.2 Å². The van der Waals surface area contributed by atoms with Crippen molar-refractivity contribution in [2.24, 2.45) is 0 Å². The van der Waals surface area contributed by atoms with Crippen LogP contribution in [0.3, 0.4) is 0 Å². The summed E-state index contributed by atoms with van der Waals surface area (Å²) in [6, 6.07) is 7.77. The largest absolute Gasteiger partial charge is 0.508 e. The number of phenolic OH excluding ortho intramolecular Hbond substituents is 1. The Morgan fingerprint density at radius 2 is 1.83 bits per heavy atom. The number of nitrogens with one attached hydrogen (secondary N) is 1. The van der Waals surface area contributed by atoms with Crippen molar-refractivity contribution >= 4 is 5.69 Å². The lowest BCUT2D eigenvalue weighted by molar-refractivity contribution is 0.475. The molecule has 2 N–H and O–H groups in total. The molecule has 0 spiro atoms. The first-order chi connectivity index (χ1) is 8.56. The molecule has 0 aliphatic carbocycles. The first-order valence-corrected chi connectivity index (χ1v) is 6.16. The Labute approximate surface area is 107 Å². The lowest BCUT2D eigenvalue weighted by Gasteiger charge is -2.14. The van der Waals surface area contributed by atoms with E-state index >= 15 is 0 Å². The van der Waals surface area contributed by atoms with E-state index in [-0.39, 0.29) is 6.04 Å². The molecule has 4 nitrogen and oxygen atoms in total. The predicted octanol–water partition coefficient (Wildman–Crippen LogP) is 3.34. The Balaban J connectivity index is 2.06. The molecular weight excluding hydrogens is 226 g/mol. The molecule has 1 aromatic carbocycles. The van der Waals surface area contributed by atoms with Crippen LogP contribution in [0.25, 0.3) is 0 Å². The fourth-order valence-electron chi connectivity index (χ4n) is 1.79. The molecule has 2 rings (SSSR count). The van der Waals surface area contributed by atoms with Crippen molar-refractivity contribution in [1.82, 2.24) is 9.78 Å². The smallest absolute Gasteiger partial charge is 0.115 e. The highest BCUT2D eigenvalue weighted by atomic mass is 16.3. The van der Waals surface area contributed by atoms with Gasteiger partial charge in [-0.25, -0.2) is 0 Å². The summed E-state index contributed by atoms with van der Waals surface area (Å²) in [6.07, 6.45) is 3.83. The number of anilines is 1. The molecule has 96 valence electrons. The van der Waals surface area contributed by atoms with Gasteiger partial charge in [-0.1, -0.05) is 12.1 Å². The third-order valence-corrected chi connectivity index (χ3v) is 2.91. The zero-order chi connectivity index (χ0) is 13.1. The van der Waals surface area contributed by atoms with Crippen LogP contribution in [0, 0.1) is 0 Å². The summed E-state index contributed by atoms with van der Waals surface area (Å²) in [5.41, 5.74) is 2.13. The monoisotopic (exact) mass is 245 g/mol. The van der Waals surface area contributed by atoms with Crippen molar-refractivity contribution in [2.45, 2.75) is 32.9 Å². The van der Waals surface area contributed by atoms with Crippen molar-refractivity contribution in [1.29, 1.82) is 0 Å². The molecule has 1 unspecified atom stereocenters. The fourth-order valence-corrected chi connectivity index (χ4v) is 1.79. The van der Waals surface area contributed by atoms with Gasteiger partial charge in [0.1, 0.15) is 5.75 Å². The predicted molar refractivity (Wildman–Crippen MR) is 72.8 cm³/mol. The molecule has 0 bridgehead atoms. The number of aromatic hydroxyl groups is 1. The van der Waals surface area contributed by atoms with Gasteiger partial charge in [0, 0.05) is 18.3 Å². The van der Waals surface area contributed by atoms with E-state index in [9.17, 15) is 5.11 Å². The summed E-state index contributed by atoms with van der Waals surface area (Å²) in [7, 11) is 0. The molecule has 0 amide bonds. The van der Waals surface area contributed by atoms with E-state index in [4.69, 9.17) is 0 Å². The molecule has 18 heavy (non-hydrogen) atoms. The van der Waals surface area contributed by atoms with Gasteiger partial charge in [-0.15, -0.1) is 0 Å². The highest BCUT2D eigenvalue weighted by molar-refractivity contribution is 5.42. The third-order valence-electron chi connectivity index (χ3n) is 2.91. The van der Waals surface area contributed by atoms with Gasteiger partial charge in [0.25, 0.3) is 0 Å². The Bertz CT molecular complexity index is 502. The van der Waals surface area contributed by atoms with Gasteiger partial charge >= 0.3 is 0 Å². The molecule has 0 aliphatic rings. The molecule has 1 atom stereocenters. The van der Waals surface area contributed by atoms with Crippen LogP contribution in [0.1, 0.15) is 38.4 Å². The Morgan fingerprint density at radius 1 is 1.17 bits per heavy atom. The van der Waals surface area contributed by atoms with Gasteiger partial charge in [-0.2, -0.15) is 5.10 Å². The number of phenols is 1. The second kappa shape index (κ2) is 5.12. The summed E-state index contributed by atoms with van der Waals surface area (Å²) in [6.45, 7) is 6.28. The van der Waals surface area contributed by atoms with E-state index in [1.165, 1.54) is 0 Å². The number of nitrogens with zero attached hydrogens (tertiary/aromatic N) is 2. The number of rotatable bonds is 4. The fraction of sp³-hybridized carbons (Fsp3) is 0.357. The topological polar surface area (TPSA) is 50.1 Å². The van der Waals surface area contributed by atoms with E-state index in [1.54, 1.807) is 12.1 Å². The molecule has 1 heterocycles. The summed E-state index contributed by atoms with van der Waals surface area (Å²) < 4.78 is 1.92. The van der Waals surface area contributed by atoms with Gasteiger partial charge < -0.3 is 10.4 Å². The van der Waals surface area contributed by atoms with E-state index in [1.807, 2.05) is 29.2 Å². The third kappa shape index (κ3) is 2.83. The average Bonchev–Trinajstić information content (AvgIpc) is 2.78. The molecule has 2 aromatic rings. The van der Waals surface area contributed by atoms with Gasteiger partial charge in [0.15, 0.2) is 0 Å². The molecule has 4 heteroatoms. The van der Waals surface area contributed by atoms with Gasteiger partial charge in [0.05, 0.1) is 11.9 Å². The maximum absolute atomic E-state index is 9.26. The zero-order valence-electron chi connectivity index (χ0n) is 11.0. The normalized spacial score (nSPS) is 12.7. The second-order valence-corrected chi connectivity index (χ2v) is 4.76. The summed E-state index contributed by atoms with van der Waals surface area (Å²) >= 11 is 0. The lowest BCUT2D eigenvalue weighted by atomic mass is 10.1. The second-order valence-electron chi connectivity index (χ2n) is 4.76. The van der Waals surface area contributed by atoms with Crippen LogP contribution in [0.15, 0.2) is 36.7 Å². The highest BCUT2D eigenvalue weighted by Crippen LogP contribution is 2.21. The van der Waals surface area contributed by atoms with Crippen LogP contribution < -0.4 is 5.32 Å². The zero-order valence-corrected chi connectivity index (χ0v) is 11.0.